The van der Waals surface area contributed by atoms with Crippen molar-refractivity contribution in [3.63, 3.8) is 0 Å². The van der Waals surface area contributed by atoms with Crippen LogP contribution in [0.2, 0.25) is 0 Å². The number of hydrogen-bond acceptors (Lipinski definition) is 4. The van der Waals surface area contributed by atoms with Crippen LogP contribution in [0.5, 0.6) is 0 Å². The summed E-state index contributed by atoms with van der Waals surface area (Å²) in [5.74, 6) is -0.277. The van der Waals surface area contributed by atoms with Gasteiger partial charge in [-0.05, 0) is 56.0 Å². The zero-order chi connectivity index (χ0) is 21.5. The van der Waals surface area contributed by atoms with Gasteiger partial charge in [-0.3, -0.25) is 9.59 Å². The third-order valence-corrected chi connectivity index (χ3v) is 6.11. The zero-order valence-corrected chi connectivity index (χ0v) is 18.4. The molecule has 1 aliphatic rings. The Morgan fingerprint density at radius 3 is 2.43 bits per heavy atom. The lowest BCUT2D eigenvalue weighted by Crippen LogP contribution is -2.43. The maximum Gasteiger partial charge on any atom is 0.242 e. The molecule has 5 nitrogen and oxygen atoms in total. The largest absolute Gasteiger partial charge is 0.385 e. The smallest absolute Gasteiger partial charge is 0.242 e. The maximum absolute atomic E-state index is 13.3. The molecule has 0 bridgehead atoms. The van der Waals surface area contributed by atoms with E-state index in [2.05, 4.69) is 0 Å². The van der Waals surface area contributed by atoms with E-state index in [-0.39, 0.29) is 30.1 Å². The fourth-order valence-corrected chi connectivity index (χ4v) is 4.23. The highest BCUT2D eigenvalue weighted by Gasteiger charge is 2.34. The van der Waals surface area contributed by atoms with E-state index in [1.165, 1.54) is 17.0 Å². The Kier molecular flexibility index (Phi) is 7.99. The Labute approximate surface area is 181 Å². The van der Waals surface area contributed by atoms with Crippen molar-refractivity contribution in [1.82, 2.24) is 9.80 Å². The minimum absolute atomic E-state index is 0.0601. The number of methoxy groups -OCH3 is 1. The summed E-state index contributed by atoms with van der Waals surface area (Å²) in [5.41, 5.74) is 0.859. The average Bonchev–Trinajstić information content (AvgIpc) is 3.50. The second kappa shape index (κ2) is 10.7. The van der Waals surface area contributed by atoms with Crippen molar-refractivity contribution in [1.29, 1.82) is 0 Å². The molecular weight excluding hydrogens is 403 g/mol. The first-order valence-electron chi connectivity index (χ1n) is 10.3. The Morgan fingerprint density at radius 1 is 1.10 bits per heavy atom. The van der Waals surface area contributed by atoms with Crippen molar-refractivity contribution < 1.29 is 18.7 Å². The van der Waals surface area contributed by atoms with Crippen molar-refractivity contribution in [3.05, 3.63) is 57.5 Å². The minimum atomic E-state index is -0.301. The summed E-state index contributed by atoms with van der Waals surface area (Å²) in [4.78, 5) is 31.6. The average molecular weight is 433 g/mol. The van der Waals surface area contributed by atoms with Gasteiger partial charge in [0.25, 0.3) is 0 Å². The van der Waals surface area contributed by atoms with Gasteiger partial charge in [0.05, 0.1) is 13.1 Å². The number of benzene rings is 1. The molecule has 1 fully saturated rings. The van der Waals surface area contributed by atoms with Gasteiger partial charge in [0.1, 0.15) is 5.82 Å². The van der Waals surface area contributed by atoms with Crippen LogP contribution in [0.1, 0.15) is 34.6 Å². The third kappa shape index (κ3) is 6.64. The lowest BCUT2D eigenvalue weighted by molar-refractivity contribution is -0.142. The van der Waals surface area contributed by atoms with E-state index in [0.717, 1.165) is 23.3 Å². The second-order valence-electron chi connectivity index (χ2n) is 7.77. The Morgan fingerprint density at radius 2 is 1.83 bits per heavy atom. The van der Waals surface area contributed by atoms with Gasteiger partial charge in [0.2, 0.25) is 11.8 Å². The first kappa shape index (κ1) is 22.4. The number of nitrogens with zero attached hydrogens (tertiary/aromatic N) is 2. The molecule has 0 spiro atoms. The highest BCUT2D eigenvalue weighted by Crippen LogP contribution is 2.31. The maximum atomic E-state index is 13.3. The molecule has 0 atom stereocenters. The molecule has 30 heavy (non-hydrogen) atoms. The van der Waals surface area contributed by atoms with Crippen LogP contribution in [0.3, 0.4) is 0 Å². The van der Waals surface area contributed by atoms with Gasteiger partial charge in [0.15, 0.2) is 0 Å². The molecule has 1 heterocycles. The highest BCUT2D eigenvalue weighted by molar-refractivity contribution is 7.11. The summed E-state index contributed by atoms with van der Waals surface area (Å²) in [6.07, 6.45) is 2.51. The molecular formula is C23H29FN2O3S. The Bertz CT molecular complexity index is 848. The van der Waals surface area contributed by atoms with Gasteiger partial charge >= 0.3 is 0 Å². The van der Waals surface area contributed by atoms with Crippen LogP contribution in [-0.2, 0) is 27.4 Å². The van der Waals surface area contributed by atoms with E-state index in [1.807, 2.05) is 19.1 Å². The molecule has 7 heteroatoms. The molecule has 0 radical (unpaired) electrons. The zero-order valence-electron chi connectivity index (χ0n) is 17.6. The molecule has 0 unspecified atom stereocenters. The normalized spacial score (nSPS) is 13.3. The Hall–Kier alpha value is -2.25. The quantitative estimate of drug-likeness (QED) is 0.505. The monoisotopic (exact) mass is 432 g/mol. The predicted octanol–water partition coefficient (Wildman–Crippen LogP) is 4.00. The topological polar surface area (TPSA) is 49.9 Å². The van der Waals surface area contributed by atoms with Crippen molar-refractivity contribution >= 4 is 23.2 Å². The molecule has 0 N–H and O–H groups in total. The number of amides is 2. The summed E-state index contributed by atoms with van der Waals surface area (Å²) in [5, 5.41) is 0. The molecule has 1 saturated carbocycles. The van der Waals surface area contributed by atoms with Crippen molar-refractivity contribution in [2.24, 2.45) is 5.92 Å². The molecule has 0 saturated heterocycles. The Balaban J connectivity index is 1.72. The predicted molar refractivity (Wildman–Crippen MR) is 116 cm³/mol. The number of carbonyl (C=O) groups excluding carboxylic acids is 2. The van der Waals surface area contributed by atoms with Gasteiger partial charge in [-0.25, -0.2) is 4.39 Å². The number of halogens is 1. The van der Waals surface area contributed by atoms with Crippen LogP contribution < -0.4 is 0 Å². The molecule has 3 rings (SSSR count). The first-order valence-corrected chi connectivity index (χ1v) is 11.1. The van der Waals surface area contributed by atoms with Gasteiger partial charge < -0.3 is 14.5 Å². The summed E-state index contributed by atoms with van der Waals surface area (Å²) in [7, 11) is 1.63. The second-order valence-corrected chi connectivity index (χ2v) is 9.14. The van der Waals surface area contributed by atoms with Gasteiger partial charge in [-0.15, -0.1) is 11.3 Å². The number of hydrogen-bond donors (Lipinski definition) is 0. The van der Waals surface area contributed by atoms with Crippen molar-refractivity contribution in [2.45, 2.75) is 39.3 Å². The lowest BCUT2D eigenvalue weighted by atomic mass is 10.2. The van der Waals surface area contributed by atoms with Crippen LogP contribution in [0.25, 0.3) is 0 Å². The van der Waals surface area contributed by atoms with Crippen LogP contribution in [0.4, 0.5) is 4.39 Å². The molecule has 162 valence electrons. The van der Waals surface area contributed by atoms with Crippen LogP contribution in [0, 0.1) is 18.7 Å². The highest BCUT2D eigenvalue weighted by atomic mass is 32.1. The van der Waals surface area contributed by atoms with Gasteiger partial charge in [-0.1, -0.05) is 12.1 Å². The molecule has 2 aromatic rings. The number of aryl methyl sites for hydroxylation is 1. The van der Waals surface area contributed by atoms with Crippen molar-refractivity contribution in [3.8, 4) is 0 Å². The summed E-state index contributed by atoms with van der Waals surface area (Å²) in [6.45, 7) is 4.00. The summed E-state index contributed by atoms with van der Waals surface area (Å²) in [6, 6.07) is 10.3. The minimum Gasteiger partial charge on any atom is -0.385 e. The van der Waals surface area contributed by atoms with E-state index in [9.17, 15) is 14.0 Å². The van der Waals surface area contributed by atoms with E-state index in [0.29, 0.717) is 32.7 Å². The summed E-state index contributed by atoms with van der Waals surface area (Å²) < 4.78 is 18.4. The van der Waals surface area contributed by atoms with Crippen LogP contribution >= 0.6 is 11.3 Å². The van der Waals surface area contributed by atoms with Crippen molar-refractivity contribution in [2.75, 3.05) is 26.8 Å². The van der Waals surface area contributed by atoms with E-state index >= 15 is 0 Å². The van der Waals surface area contributed by atoms with E-state index < -0.39 is 0 Å². The standard InChI is InChI=1S/C23H29FN2O3S/c1-17-4-11-21(30-17)15-26(14-18-5-9-20(24)10-6-18)22(27)16-25(12-3-13-29-2)23(28)19-7-8-19/h4-6,9-11,19H,3,7-8,12-16H2,1-2H3. The lowest BCUT2D eigenvalue weighted by Gasteiger charge is -2.28. The van der Waals surface area contributed by atoms with Crippen LogP contribution in [-0.4, -0.2) is 48.4 Å². The van der Waals surface area contributed by atoms with Gasteiger partial charge in [0, 0.05) is 42.5 Å². The van der Waals surface area contributed by atoms with E-state index in [1.54, 1.807) is 40.4 Å². The molecule has 1 aliphatic carbocycles. The first-order chi connectivity index (χ1) is 14.5. The fourth-order valence-electron chi connectivity index (χ4n) is 3.32. The number of rotatable bonds is 11. The molecule has 1 aromatic heterocycles. The molecule has 1 aromatic carbocycles. The number of ether oxygens (including phenoxy) is 1. The van der Waals surface area contributed by atoms with Crippen LogP contribution in [0.15, 0.2) is 36.4 Å². The summed E-state index contributed by atoms with van der Waals surface area (Å²) >= 11 is 1.65. The molecule has 0 aliphatic heterocycles. The SMILES string of the molecule is COCCCN(CC(=O)N(Cc1ccc(F)cc1)Cc1ccc(C)s1)C(=O)C1CC1. The van der Waals surface area contributed by atoms with E-state index in [4.69, 9.17) is 4.74 Å². The fraction of sp³-hybridized carbons (Fsp3) is 0.478. The number of thiophene rings is 1. The third-order valence-electron chi connectivity index (χ3n) is 5.12. The number of carbonyl (C=O) groups is 2. The molecule has 2 amide bonds. The van der Waals surface area contributed by atoms with Gasteiger partial charge in [-0.2, -0.15) is 0 Å².